The summed E-state index contributed by atoms with van der Waals surface area (Å²) in [5.74, 6) is 2.05. The van der Waals surface area contributed by atoms with E-state index in [4.69, 9.17) is 33.9 Å². The molecule has 4 aromatic heterocycles. The number of unbranched alkanes of at least 4 members (excludes halogenated alkanes) is 6. The Labute approximate surface area is 253 Å². The molecule has 0 spiro atoms. The highest BCUT2D eigenvalue weighted by atomic mass is 32.2. The number of fused-ring (bicyclic) bond motifs is 4. The summed E-state index contributed by atoms with van der Waals surface area (Å²) < 4.78 is 25.2. The smallest absolute Gasteiger partial charge is 0.156 e. The maximum absolute atomic E-state index is 6.65. The van der Waals surface area contributed by atoms with Crippen LogP contribution in [0.25, 0.3) is 34.9 Å². The van der Waals surface area contributed by atoms with E-state index in [9.17, 15) is 0 Å². The minimum atomic E-state index is 0.741. The minimum absolute atomic E-state index is 0.741. The molecule has 36 heavy (non-hydrogen) atoms. The first-order valence-corrected chi connectivity index (χ1v) is 19.4. The molecule has 0 aliphatic heterocycles. The number of hydrogen-bond acceptors (Lipinski definition) is 12. The Morgan fingerprint density at radius 2 is 0.806 bits per heavy atom. The van der Waals surface area contributed by atoms with Gasteiger partial charge in [0.05, 0.1) is 32.0 Å². The van der Waals surface area contributed by atoms with Crippen LogP contribution < -0.4 is 9.47 Å². The van der Waals surface area contributed by atoms with Gasteiger partial charge < -0.3 is 9.47 Å². The monoisotopic (exact) mass is 666 g/mol. The third-order valence-corrected chi connectivity index (χ3v) is 17.0. The van der Waals surface area contributed by atoms with E-state index in [1.54, 1.807) is 45.3 Å². The van der Waals surface area contributed by atoms with Crippen LogP contribution in [0.2, 0.25) is 0 Å². The van der Waals surface area contributed by atoms with Gasteiger partial charge in [0.25, 0.3) is 0 Å². The molecule has 12 heteroatoms. The van der Waals surface area contributed by atoms with Crippen molar-refractivity contribution in [3.63, 3.8) is 0 Å². The molecule has 0 amide bonds. The van der Waals surface area contributed by atoms with Crippen LogP contribution in [0.1, 0.15) is 65.2 Å². The number of hydrogen-bond donors (Lipinski definition) is 0. The Morgan fingerprint density at radius 1 is 0.472 bits per heavy atom. The largest absolute Gasteiger partial charge is 0.491 e. The lowest BCUT2D eigenvalue weighted by molar-refractivity contribution is 0.308. The molecule has 4 heterocycles. The van der Waals surface area contributed by atoms with Gasteiger partial charge in [-0.1, -0.05) is 76.8 Å². The van der Waals surface area contributed by atoms with E-state index in [0.717, 1.165) is 43.8 Å². The van der Waals surface area contributed by atoms with Gasteiger partial charge in [0.2, 0.25) is 0 Å². The third kappa shape index (κ3) is 6.18. The molecule has 0 aliphatic carbocycles. The molecule has 1 aromatic carbocycles. The van der Waals surface area contributed by atoms with E-state index >= 15 is 0 Å². The Balaban J connectivity index is 1.71. The van der Waals surface area contributed by atoms with Crippen molar-refractivity contribution in [1.29, 1.82) is 0 Å². The Morgan fingerprint density at radius 3 is 1.11 bits per heavy atom. The van der Waals surface area contributed by atoms with Gasteiger partial charge in [-0.25, -0.2) is 0 Å². The quantitative estimate of drug-likeness (QED) is 0.0749. The van der Waals surface area contributed by atoms with Crippen molar-refractivity contribution in [3.05, 3.63) is 6.28 Å². The summed E-state index contributed by atoms with van der Waals surface area (Å²) in [6.07, 6.45) is 9.52. The van der Waals surface area contributed by atoms with E-state index in [1.807, 2.05) is 45.3 Å². The first-order valence-electron chi connectivity index (χ1n) is 12.1. The second kappa shape index (κ2) is 13.1. The van der Waals surface area contributed by atoms with Crippen LogP contribution >= 0.6 is 115 Å². The zero-order valence-electron chi connectivity index (χ0n) is 20.0. The number of ether oxygens (including phenoxy) is 2. The SMILES string of the molecule is CCCCCCOc1c2sc3sc(=S)sc3sc2c(OCCCCCC)c2sc3sc(=S)sc3sc12. The summed E-state index contributed by atoms with van der Waals surface area (Å²) in [5.41, 5.74) is 0. The molecule has 5 aromatic rings. The zero-order valence-corrected chi connectivity index (χ0v) is 28.1. The fourth-order valence-corrected chi connectivity index (χ4v) is 16.5. The van der Waals surface area contributed by atoms with Crippen LogP contribution in [0.3, 0.4) is 0 Å². The van der Waals surface area contributed by atoms with Crippen molar-refractivity contribution >= 4 is 150 Å². The highest BCUT2D eigenvalue weighted by molar-refractivity contribution is 7.79. The van der Waals surface area contributed by atoms with Crippen molar-refractivity contribution in [2.24, 2.45) is 0 Å². The van der Waals surface area contributed by atoms with Gasteiger partial charge >= 0.3 is 0 Å². The van der Waals surface area contributed by atoms with Crippen LogP contribution in [0.5, 0.6) is 11.5 Å². The normalized spacial score (nSPS) is 11.8. The van der Waals surface area contributed by atoms with Crippen molar-refractivity contribution in [1.82, 2.24) is 0 Å². The van der Waals surface area contributed by atoms with Crippen LogP contribution in [-0.4, -0.2) is 13.2 Å². The highest BCUT2D eigenvalue weighted by Gasteiger charge is 2.22. The molecule has 0 saturated carbocycles. The van der Waals surface area contributed by atoms with Crippen LogP contribution in [0, 0.1) is 6.28 Å². The van der Waals surface area contributed by atoms with Crippen LogP contribution in [0.15, 0.2) is 0 Å². The Hall–Kier alpha value is 0.240. The number of benzene rings is 1. The van der Waals surface area contributed by atoms with Crippen molar-refractivity contribution in [3.8, 4) is 11.5 Å². The summed E-state index contributed by atoms with van der Waals surface area (Å²) in [6.45, 7) is 5.97. The van der Waals surface area contributed by atoms with E-state index in [1.165, 1.54) is 73.4 Å². The average Bonchev–Trinajstić information content (AvgIpc) is 3.41. The Bertz CT molecular complexity index is 1410. The van der Waals surface area contributed by atoms with Crippen LogP contribution in [0.4, 0.5) is 0 Å². The second-order valence-electron chi connectivity index (χ2n) is 8.26. The summed E-state index contributed by atoms with van der Waals surface area (Å²) in [7, 11) is 0. The molecule has 0 unspecified atom stereocenters. The van der Waals surface area contributed by atoms with Crippen molar-refractivity contribution in [2.75, 3.05) is 13.2 Å². The summed E-state index contributed by atoms with van der Waals surface area (Å²) >= 11 is 25.3. The lowest BCUT2D eigenvalue weighted by Crippen LogP contribution is -2.01. The molecule has 0 aliphatic rings. The molecule has 0 radical (unpaired) electrons. The van der Waals surface area contributed by atoms with Gasteiger partial charge in [0, 0.05) is 0 Å². The second-order valence-corrected chi connectivity index (χ2v) is 19.8. The van der Waals surface area contributed by atoms with Crippen molar-refractivity contribution < 1.29 is 9.47 Å². The molecule has 5 rings (SSSR count). The lowest BCUT2D eigenvalue weighted by Gasteiger charge is -2.16. The molecule has 0 bridgehead atoms. The molecule has 0 atom stereocenters. The van der Waals surface area contributed by atoms with E-state index in [0.29, 0.717) is 0 Å². The minimum Gasteiger partial charge on any atom is -0.491 e. The highest BCUT2D eigenvalue weighted by Crippen LogP contribution is 2.55. The summed E-state index contributed by atoms with van der Waals surface area (Å²) in [6, 6.07) is 0. The maximum atomic E-state index is 6.65. The lowest BCUT2D eigenvalue weighted by atomic mass is 10.2. The van der Waals surface area contributed by atoms with Gasteiger partial charge in [-0.2, -0.15) is 0 Å². The third-order valence-electron chi connectivity index (χ3n) is 5.54. The first kappa shape index (κ1) is 27.8. The van der Waals surface area contributed by atoms with Crippen molar-refractivity contribution in [2.45, 2.75) is 65.2 Å². The average molecular weight is 667 g/mol. The topological polar surface area (TPSA) is 18.5 Å². The van der Waals surface area contributed by atoms with E-state index in [-0.39, 0.29) is 0 Å². The predicted molar refractivity (Wildman–Crippen MR) is 178 cm³/mol. The van der Waals surface area contributed by atoms with Gasteiger partial charge in [-0.15, -0.1) is 90.7 Å². The number of rotatable bonds is 12. The molecule has 0 saturated heterocycles. The molecular weight excluding hydrogens is 641 g/mol. The maximum Gasteiger partial charge on any atom is 0.156 e. The first-order chi connectivity index (χ1) is 17.6. The molecule has 0 fully saturated rings. The zero-order chi connectivity index (χ0) is 25.1. The standard InChI is InChI=1S/C24H26O2S10/c1-3-5-7-9-11-25-13-15-17(31-21-19(29-15)33-23(27)35-21)14(26-12-10-8-6-4-2)18-16(13)30-20-22(32-18)36-24(28)34-20/h3-12H2,1-2H3. The molecule has 194 valence electrons. The fourth-order valence-electron chi connectivity index (χ4n) is 3.79. The molecule has 0 N–H and O–H groups in total. The van der Waals surface area contributed by atoms with Gasteiger partial charge in [-0.05, 0) is 12.8 Å². The van der Waals surface area contributed by atoms with E-state index < -0.39 is 0 Å². The predicted octanol–water partition coefficient (Wildman–Crippen LogP) is 13.3. The summed E-state index contributed by atoms with van der Waals surface area (Å²) in [4.78, 5) is 0. The van der Waals surface area contributed by atoms with Crippen LogP contribution in [-0.2, 0) is 0 Å². The van der Waals surface area contributed by atoms with Gasteiger partial charge in [0.1, 0.15) is 22.3 Å². The van der Waals surface area contributed by atoms with Gasteiger partial charge in [0.15, 0.2) is 11.5 Å². The fraction of sp³-hybridized carbons (Fsp3) is 0.500. The molecule has 2 nitrogen and oxygen atoms in total. The molecular formula is C24H26O2S10. The summed E-state index contributed by atoms with van der Waals surface area (Å²) in [5, 5.41) is 0. The van der Waals surface area contributed by atoms with Gasteiger partial charge in [-0.3, -0.25) is 0 Å². The Kier molecular flexibility index (Phi) is 10.1. The van der Waals surface area contributed by atoms with E-state index in [2.05, 4.69) is 13.8 Å².